The Morgan fingerprint density at radius 1 is 1.22 bits per heavy atom. The molecule has 0 atom stereocenters. The third-order valence-corrected chi connectivity index (χ3v) is 3.85. The first kappa shape index (κ1) is 13.2. The van der Waals surface area contributed by atoms with E-state index in [0.717, 1.165) is 12.5 Å². The molecule has 1 aliphatic rings. The highest BCUT2D eigenvalue weighted by Gasteiger charge is 2.17. The van der Waals surface area contributed by atoms with Crippen LogP contribution >= 0.6 is 0 Å². The Bertz CT molecular complexity index is 368. The molecule has 3 heteroatoms. The molecule has 0 radical (unpaired) electrons. The summed E-state index contributed by atoms with van der Waals surface area (Å²) in [5.74, 6) is 0.785. The van der Waals surface area contributed by atoms with E-state index in [1.165, 1.54) is 37.1 Å². The van der Waals surface area contributed by atoms with Crippen LogP contribution < -0.4 is 16.0 Å². The van der Waals surface area contributed by atoms with Crippen molar-refractivity contribution in [2.75, 3.05) is 30.9 Å². The minimum Gasteiger partial charge on any atom is -0.385 e. The van der Waals surface area contributed by atoms with Crippen molar-refractivity contribution in [3.8, 4) is 0 Å². The van der Waals surface area contributed by atoms with Crippen molar-refractivity contribution in [2.45, 2.75) is 31.7 Å². The number of hydrogen-bond donors (Lipinski definition) is 2. The second-order valence-electron chi connectivity index (χ2n) is 5.61. The van der Waals surface area contributed by atoms with E-state index in [1.54, 1.807) is 0 Å². The first-order valence-electron chi connectivity index (χ1n) is 6.92. The second-order valence-corrected chi connectivity index (χ2v) is 5.61. The molecule has 0 spiro atoms. The van der Waals surface area contributed by atoms with Crippen LogP contribution in [0.25, 0.3) is 0 Å². The first-order chi connectivity index (χ1) is 8.65. The number of nitrogens with one attached hydrogen (secondary N) is 1. The van der Waals surface area contributed by atoms with Crippen molar-refractivity contribution >= 4 is 11.4 Å². The van der Waals surface area contributed by atoms with Gasteiger partial charge in [0.15, 0.2) is 0 Å². The average molecular weight is 247 g/mol. The van der Waals surface area contributed by atoms with Gasteiger partial charge < -0.3 is 16.0 Å². The lowest BCUT2D eigenvalue weighted by Gasteiger charge is -2.26. The minimum atomic E-state index is 0.443. The van der Waals surface area contributed by atoms with Crippen LogP contribution in [-0.2, 0) is 0 Å². The summed E-state index contributed by atoms with van der Waals surface area (Å²) in [5, 5.41) is 3.56. The van der Waals surface area contributed by atoms with E-state index in [9.17, 15) is 0 Å². The van der Waals surface area contributed by atoms with Crippen molar-refractivity contribution in [1.82, 2.24) is 0 Å². The smallest absolute Gasteiger partial charge is 0.0381 e. The van der Waals surface area contributed by atoms with Crippen LogP contribution in [0.3, 0.4) is 0 Å². The van der Waals surface area contributed by atoms with E-state index in [4.69, 9.17) is 5.73 Å². The van der Waals surface area contributed by atoms with Crippen LogP contribution in [0.1, 0.15) is 25.7 Å². The highest BCUT2D eigenvalue weighted by atomic mass is 15.1. The number of nitrogens with zero attached hydrogens (tertiary/aromatic N) is 1. The standard InChI is InChI=1S/C15H25N3/c1-18(2)15-5-3-4-14(10-15)17-11-12-6-8-13(16)9-7-12/h3-5,10,12-13,17H,6-9,11,16H2,1-2H3/t12-,13-. The van der Waals surface area contributed by atoms with E-state index in [0.29, 0.717) is 6.04 Å². The molecule has 1 saturated carbocycles. The van der Waals surface area contributed by atoms with Gasteiger partial charge in [-0.05, 0) is 49.8 Å². The Labute approximate surface area is 110 Å². The summed E-state index contributed by atoms with van der Waals surface area (Å²) in [4.78, 5) is 2.13. The van der Waals surface area contributed by atoms with E-state index < -0.39 is 0 Å². The Kier molecular flexibility index (Phi) is 4.48. The van der Waals surface area contributed by atoms with Gasteiger partial charge in [0, 0.05) is 38.1 Å². The summed E-state index contributed by atoms with van der Waals surface area (Å²) >= 11 is 0. The highest BCUT2D eigenvalue weighted by molar-refractivity contribution is 5.57. The summed E-state index contributed by atoms with van der Waals surface area (Å²) in [6.45, 7) is 1.07. The quantitative estimate of drug-likeness (QED) is 0.859. The molecule has 1 aromatic carbocycles. The summed E-state index contributed by atoms with van der Waals surface area (Å²) in [5.41, 5.74) is 8.39. The summed E-state index contributed by atoms with van der Waals surface area (Å²) in [6, 6.07) is 9.02. The fourth-order valence-corrected chi connectivity index (χ4v) is 2.55. The second kappa shape index (κ2) is 6.10. The Balaban J connectivity index is 1.84. The molecule has 100 valence electrons. The van der Waals surface area contributed by atoms with Gasteiger partial charge in [0.25, 0.3) is 0 Å². The molecule has 18 heavy (non-hydrogen) atoms. The minimum absolute atomic E-state index is 0.443. The van der Waals surface area contributed by atoms with Crippen LogP contribution in [0.2, 0.25) is 0 Å². The van der Waals surface area contributed by atoms with Gasteiger partial charge >= 0.3 is 0 Å². The van der Waals surface area contributed by atoms with Crippen LogP contribution in [-0.4, -0.2) is 26.7 Å². The molecule has 0 unspecified atom stereocenters. The van der Waals surface area contributed by atoms with Crippen molar-refractivity contribution in [1.29, 1.82) is 0 Å². The molecule has 1 aliphatic carbocycles. The fourth-order valence-electron chi connectivity index (χ4n) is 2.55. The molecule has 0 amide bonds. The van der Waals surface area contributed by atoms with Gasteiger partial charge in [0.1, 0.15) is 0 Å². The first-order valence-corrected chi connectivity index (χ1v) is 6.92. The van der Waals surface area contributed by atoms with Gasteiger partial charge in [-0.2, -0.15) is 0 Å². The van der Waals surface area contributed by atoms with Crippen molar-refractivity contribution < 1.29 is 0 Å². The Morgan fingerprint density at radius 2 is 1.94 bits per heavy atom. The van der Waals surface area contributed by atoms with Gasteiger partial charge in [-0.1, -0.05) is 6.07 Å². The molecule has 0 heterocycles. The topological polar surface area (TPSA) is 41.3 Å². The molecule has 3 N–H and O–H groups in total. The highest BCUT2D eigenvalue weighted by Crippen LogP contribution is 2.24. The van der Waals surface area contributed by atoms with E-state index >= 15 is 0 Å². The summed E-state index contributed by atoms with van der Waals surface area (Å²) in [6.07, 6.45) is 4.90. The summed E-state index contributed by atoms with van der Waals surface area (Å²) < 4.78 is 0. The van der Waals surface area contributed by atoms with Crippen LogP contribution in [0, 0.1) is 5.92 Å². The van der Waals surface area contributed by atoms with Crippen molar-refractivity contribution in [2.24, 2.45) is 11.7 Å². The monoisotopic (exact) mass is 247 g/mol. The van der Waals surface area contributed by atoms with Gasteiger partial charge in [0.2, 0.25) is 0 Å². The third kappa shape index (κ3) is 3.64. The molecule has 0 aliphatic heterocycles. The largest absolute Gasteiger partial charge is 0.385 e. The van der Waals surface area contributed by atoms with Crippen molar-refractivity contribution in [3.63, 3.8) is 0 Å². The van der Waals surface area contributed by atoms with Crippen molar-refractivity contribution in [3.05, 3.63) is 24.3 Å². The van der Waals surface area contributed by atoms with Gasteiger partial charge in [0.05, 0.1) is 0 Å². The van der Waals surface area contributed by atoms with E-state index in [1.807, 2.05) is 0 Å². The van der Waals surface area contributed by atoms with Crippen LogP contribution in [0.4, 0.5) is 11.4 Å². The zero-order valence-electron chi connectivity index (χ0n) is 11.5. The van der Waals surface area contributed by atoms with Gasteiger partial charge in [-0.15, -0.1) is 0 Å². The molecule has 0 aromatic heterocycles. The van der Waals surface area contributed by atoms with E-state index in [2.05, 4.69) is 48.6 Å². The molecule has 2 rings (SSSR count). The van der Waals surface area contributed by atoms with Crippen LogP contribution in [0.5, 0.6) is 0 Å². The molecule has 0 bridgehead atoms. The molecule has 1 fully saturated rings. The van der Waals surface area contributed by atoms with Gasteiger partial charge in [-0.3, -0.25) is 0 Å². The van der Waals surface area contributed by atoms with Gasteiger partial charge in [-0.25, -0.2) is 0 Å². The summed E-state index contributed by atoms with van der Waals surface area (Å²) in [7, 11) is 4.14. The molecule has 1 aromatic rings. The average Bonchev–Trinajstić information content (AvgIpc) is 2.38. The zero-order chi connectivity index (χ0) is 13.0. The maximum Gasteiger partial charge on any atom is 0.0381 e. The normalized spacial score (nSPS) is 23.7. The SMILES string of the molecule is CN(C)c1cccc(NC[C@H]2CC[C@H](N)CC2)c1. The number of anilines is 2. The Morgan fingerprint density at radius 3 is 2.61 bits per heavy atom. The lowest BCUT2D eigenvalue weighted by molar-refractivity contribution is 0.339. The lowest BCUT2D eigenvalue weighted by atomic mass is 9.86. The molecule has 0 saturated heterocycles. The Hall–Kier alpha value is -1.22. The van der Waals surface area contributed by atoms with Crippen LogP contribution in [0.15, 0.2) is 24.3 Å². The number of rotatable bonds is 4. The molecular formula is C15H25N3. The molecular weight excluding hydrogens is 222 g/mol. The van der Waals surface area contributed by atoms with E-state index in [-0.39, 0.29) is 0 Å². The maximum absolute atomic E-state index is 5.93. The zero-order valence-corrected chi connectivity index (χ0v) is 11.5. The predicted molar refractivity (Wildman–Crippen MR) is 79.2 cm³/mol. The number of benzene rings is 1. The number of hydrogen-bond acceptors (Lipinski definition) is 3. The lowest BCUT2D eigenvalue weighted by Crippen LogP contribution is -2.29. The third-order valence-electron chi connectivity index (χ3n) is 3.85. The predicted octanol–water partition coefficient (Wildman–Crippen LogP) is 2.68. The number of nitrogens with two attached hydrogens (primary N) is 1. The maximum atomic E-state index is 5.93. The fraction of sp³-hybridized carbons (Fsp3) is 0.600. The molecule has 3 nitrogen and oxygen atoms in total.